The monoisotopic (exact) mass is 598 g/mol. The van der Waals surface area contributed by atoms with Gasteiger partial charge in [-0.1, -0.05) is 42.5 Å². The highest BCUT2D eigenvalue weighted by Gasteiger charge is 2.40. The number of morpholine rings is 1. The van der Waals surface area contributed by atoms with Crippen LogP contribution in [0.2, 0.25) is 0 Å². The Bertz CT molecular complexity index is 1070. The number of hydrogen-bond acceptors (Lipinski definition) is 8. The Hall–Kier alpha value is -2.69. The van der Waals surface area contributed by atoms with E-state index in [1.165, 1.54) is 0 Å². The zero-order chi connectivity index (χ0) is 30.5. The molecule has 0 spiro atoms. The first kappa shape index (κ1) is 33.2. The Morgan fingerprint density at radius 3 is 2.35 bits per heavy atom. The average molecular weight is 599 g/mol. The minimum Gasteiger partial charge on any atom is -0.494 e. The maximum absolute atomic E-state index is 13.0. The van der Waals surface area contributed by atoms with E-state index in [1.807, 2.05) is 51.1 Å². The summed E-state index contributed by atoms with van der Waals surface area (Å²) in [5.74, 6) is 0.712. The van der Waals surface area contributed by atoms with Crippen molar-refractivity contribution in [3.05, 3.63) is 65.7 Å². The normalized spacial score (nSPS) is 21.5. The molecule has 4 rings (SSSR count). The molecule has 238 valence electrons. The van der Waals surface area contributed by atoms with Crippen LogP contribution in [0.15, 0.2) is 54.6 Å². The van der Waals surface area contributed by atoms with E-state index in [-0.39, 0.29) is 30.5 Å². The van der Waals surface area contributed by atoms with E-state index in [0.717, 1.165) is 56.1 Å². The third kappa shape index (κ3) is 11.1. The zero-order valence-electron chi connectivity index (χ0n) is 26.1. The zero-order valence-corrected chi connectivity index (χ0v) is 26.1. The number of hydrogen-bond donors (Lipinski definition) is 1. The summed E-state index contributed by atoms with van der Waals surface area (Å²) in [5, 5.41) is 10.5. The summed E-state index contributed by atoms with van der Waals surface area (Å²) >= 11 is 0. The van der Waals surface area contributed by atoms with E-state index in [1.54, 1.807) is 4.90 Å². The molecular weight excluding hydrogens is 548 g/mol. The number of likely N-dealkylation sites (tertiary alicyclic amines) is 1. The van der Waals surface area contributed by atoms with Gasteiger partial charge in [0.2, 0.25) is 0 Å². The number of aliphatic hydroxyl groups is 1. The summed E-state index contributed by atoms with van der Waals surface area (Å²) in [6, 6.07) is 18.3. The van der Waals surface area contributed by atoms with Crippen molar-refractivity contribution in [1.29, 1.82) is 0 Å². The molecule has 9 heteroatoms. The van der Waals surface area contributed by atoms with E-state index in [4.69, 9.17) is 23.7 Å². The predicted molar refractivity (Wildman–Crippen MR) is 165 cm³/mol. The van der Waals surface area contributed by atoms with Crippen LogP contribution in [0.4, 0.5) is 4.79 Å². The average Bonchev–Trinajstić information content (AvgIpc) is 3.01. The molecule has 1 amide bonds. The van der Waals surface area contributed by atoms with Crippen LogP contribution in [-0.4, -0.2) is 106 Å². The molecular formula is C34H50N2O7. The van der Waals surface area contributed by atoms with Crippen molar-refractivity contribution >= 4 is 6.09 Å². The molecule has 3 atom stereocenters. The van der Waals surface area contributed by atoms with Crippen LogP contribution in [0.5, 0.6) is 5.75 Å². The van der Waals surface area contributed by atoms with E-state index in [0.29, 0.717) is 46.1 Å². The Morgan fingerprint density at radius 2 is 1.65 bits per heavy atom. The Kier molecular flexibility index (Phi) is 13.1. The largest absolute Gasteiger partial charge is 0.494 e. The summed E-state index contributed by atoms with van der Waals surface area (Å²) in [6.45, 7) is 13.6. The van der Waals surface area contributed by atoms with Gasteiger partial charge in [0.1, 0.15) is 11.4 Å². The molecule has 2 saturated heterocycles. The van der Waals surface area contributed by atoms with Gasteiger partial charge in [0, 0.05) is 57.6 Å². The van der Waals surface area contributed by atoms with Crippen LogP contribution >= 0.6 is 0 Å². The van der Waals surface area contributed by atoms with Gasteiger partial charge in [0.25, 0.3) is 0 Å². The van der Waals surface area contributed by atoms with Crippen molar-refractivity contribution in [1.82, 2.24) is 9.80 Å². The van der Waals surface area contributed by atoms with Crippen molar-refractivity contribution < 1.29 is 33.6 Å². The first-order chi connectivity index (χ1) is 20.8. The molecule has 0 aliphatic carbocycles. The summed E-state index contributed by atoms with van der Waals surface area (Å²) in [4.78, 5) is 17.1. The van der Waals surface area contributed by atoms with Gasteiger partial charge >= 0.3 is 6.09 Å². The molecule has 2 aliphatic rings. The predicted octanol–water partition coefficient (Wildman–Crippen LogP) is 4.58. The van der Waals surface area contributed by atoms with E-state index >= 15 is 0 Å². The van der Waals surface area contributed by atoms with Crippen molar-refractivity contribution in [2.75, 3.05) is 79.0 Å². The molecule has 1 N–H and O–H groups in total. The molecule has 2 aromatic carbocycles. The summed E-state index contributed by atoms with van der Waals surface area (Å²) in [7, 11) is 0. The highest BCUT2D eigenvalue weighted by Crippen LogP contribution is 2.38. The van der Waals surface area contributed by atoms with Crippen molar-refractivity contribution in [3.8, 4) is 5.75 Å². The summed E-state index contributed by atoms with van der Waals surface area (Å²) in [5.41, 5.74) is 1.69. The van der Waals surface area contributed by atoms with Crippen LogP contribution in [0.3, 0.4) is 0 Å². The Labute approximate surface area is 257 Å². The minimum atomic E-state index is -0.587. The third-order valence-corrected chi connectivity index (χ3v) is 7.88. The summed E-state index contributed by atoms with van der Waals surface area (Å²) in [6.07, 6.45) is 0.452. The molecule has 2 aliphatic heterocycles. The number of piperidine rings is 1. The molecule has 2 aromatic rings. The Balaban J connectivity index is 1.33. The second kappa shape index (κ2) is 17.0. The fraction of sp³-hybridized carbons (Fsp3) is 0.618. The molecule has 0 bridgehead atoms. The van der Waals surface area contributed by atoms with E-state index in [2.05, 4.69) is 29.2 Å². The van der Waals surface area contributed by atoms with Gasteiger partial charge < -0.3 is 33.7 Å². The van der Waals surface area contributed by atoms with E-state index in [9.17, 15) is 9.90 Å². The number of ether oxygens (including phenoxy) is 5. The lowest BCUT2D eigenvalue weighted by molar-refractivity contribution is -0.0219. The lowest BCUT2D eigenvalue weighted by Crippen LogP contribution is -2.51. The molecule has 0 aromatic heterocycles. The molecule has 2 fully saturated rings. The maximum Gasteiger partial charge on any atom is 0.410 e. The number of rotatable bonds is 14. The number of amides is 1. The first-order valence-corrected chi connectivity index (χ1v) is 15.6. The number of benzene rings is 2. The van der Waals surface area contributed by atoms with Crippen LogP contribution in [0, 0.1) is 11.8 Å². The molecule has 0 saturated carbocycles. The van der Waals surface area contributed by atoms with Crippen LogP contribution < -0.4 is 4.74 Å². The highest BCUT2D eigenvalue weighted by atomic mass is 16.6. The number of nitrogens with zero attached hydrogens (tertiary/aromatic N) is 2. The minimum absolute atomic E-state index is 0.0108. The highest BCUT2D eigenvalue weighted by molar-refractivity contribution is 5.68. The van der Waals surface area contributed by atoms with Crippen LogP contribution in [0.25, 0.3) is 0 Å². The molecule has 9 nitrogen and oxygen atoms in total. The smallest absolute Gasteiger partial charge is 0.410 e. The molecule has 3 unspecified atom stereocenters. The van der Waals surface area contributed by atoms with Crippen molar-refractivity contribution in [2.24, 2.45) is 11.8 Å². The molecule has 43 heavy (non-hydrogen) atoms. The van der Waals surface area contributed by atoms with Gasteiger partial charge in [-0.05, 0) is 49.9 Å². The SMILES string of the molecule is CC(C)(C)OC(=O)N1CC(CO)C(c2ccc(OCCCOCc3ccccc3)cc2)C(COCCN2CCOCC2)C1. The van der Waals surface area contributed by atoms with Gasteiger partial charge in [-0.3, -0.25) is 4.90 Å². The van der Waals surface area contributed by atoms with Gasteiger partial charge in [-0.25, -0.2) is 4.79 Å². The molecule has 2 heterocycles. The number of carbonyl (C=O) groups excluding carboxylic acids is 1. The maximum atomic E-state index is 13.0. The second-order valence-electron chi connectivity index (χ2n) is 12.5. The van der Waals surface area contributed by atoms with Crippen LogP contribution in [0.1, 0.15) is 44.2 Å². The fourth-order valence-corrected chi connectivity index (χ4v) is 5.75. The lowest BCUT2D eigenvalue weighted by atomic mass is 9.74. The topological polar surface area (TPSA) is 89.9 Å². The lowest BCUT2D eigenvalue weighted by Gasteiger charge is -2.43. The number of aliphatic hydroxyl groups excluding tert-OH is 1. The van der Waals surface area contributed by atoms with Gasteiger partial charge in [-0.2, -0.15) is 0 Å². The fourth-order valence-electron chi connectivity index (χ4n) is 5.75. The van der Waals surface area contributed by atoms with E-state index < -0.39 is 5.60 Å². The van der Waals surface area contributed by atoms with Crippen LogP contribution in [-0.2, 0) is 25.6 Å². The molecule has 0 radical (unpaired) electrons. The third-order valence-electron chi connectivity index (χ3n) is 7.88. The van der Waals surface area contributed by atoms with Gasteiger partial charge in [0.15, 0.2) is 0 Å². The quantitative estimate of drug-likeness (QED) is 0.316. The Morgan fingerprint density at radius 1 is 0.930 bits per heavy atom. The van der Waals surface area contributed by atoms with Gasteiger partial charge in [-0.15, -0.1) is 0 Å². The number of carbonyl (C=O) groups is 1. The van der Waals surface area contributed by atoms with Crippen molar-refractivity contribution in [2.45, 2.75) is 45.3 Å². The van der Waals surface area contributed by atoms with Gasteiger partial charge in [0.05, 0.1) is 46.2 Å². The second-order valence-corrected chi connectivity index (χ2v) is 12.5. The van der Waals surface area contributed by atoms with Crippen molar-refractivity contribution in [3.63, 3.8) is 0 Å². The first-order valence-electron chi connectivity index (χ1n) is 15.6. The summed E-state index contributed by atoms with van der Waals surface area (Å²) < 4.78 is 29.1. The standard InChI is InChI=1S/C34H50N2O7/c1-34(2,3)43-33(38)36-22-29(24-37)32(30(23-36)26-41-21-16-35-14-19-39-20-15-35)28-10-12-31(13-11-28)42-18-7-17-40-25-27-8-5-4-6-9-27/h4-6,8-13,29-30,32,37H,7,14-26H2,1-3H3.